The molecule has 3 rings (SSSR count). The monoisotopic (exact) mass is 509 g/mol. The Kier molecular flexibility index (Phi) is 10.00. The van der Waals surface area contributed by atoms with Crippen molar-refractivity contribution in [3.05, 3.63) is 114 Å². The fourth-order valence-electron chi connectivity index (χ4n) is 3.69. The van der Waals surface area contributed by atoms with E-state index in [-0.39, 0.29) is 5.91 Å². The number of rotatable bonds is 11. The fraction of sp³-hybridized carbons (Fsp3) is 0.194. The summed E-state index contributed by atoms with van der Waals surface area (Å²) >= 11 is 0. The number of nitrogens with zero attached hydrogens (tertiary/aromatic N) is 3. The van der Waals surface area contributed by atoms with Crippen LogP contribution in [0.25, 0.3) is 5.70 Å². The molecule has 2 heterocycles. The molecule has 0 aliphatic carbocycles. The van der Waals surface area contributed by atoms with Crippen LogP contribution in [0.1, 0.15) is 31.9 Å². The van der Waals surface area contributed by atoms with E-state index < -0.39 is 0 Å². The first kappa shape index (κ1) is 27.9. The number of benzene rings is 1. The molecule has 1 aliphatic heterocycles. The van der Waals surface area contributed by atoms with Crippen molar-refractivity contribution in [2.45, 2.75) is 27.7 Å². The summed E-state index contributed by atoms with van der Waals surface area (Å²) in [4.78, 5) is 22.9. The lowest BCUT2D eigenvalue weighted by molar-refractivity contribution is -0.112. The summed E-state index contributed by atoms with van der Waals surface area (Å²) in [5.41, 5.74) is 5.16. The van der Waals surface area contributed by atoms with Crippen LogP contribution in [-0.4, -0.2) is 35.1 Å². The molecule has 1 aliphatic rings. The Bertz CT molecular complexity index is 1350. The third-order valence-electron chi connectivity index (χ3n) is 5.74. The minimum Gasteiger partial charge on any atom is -0.457 e. The topological polar surface area (TPSA) is 78.9 Å². The minimum absolute atomic E-state index is 0.282. The number of nitrogens with one attached hydrogen (secondary N) is 2. The largest absolute Gasteiger partial charge is 0.457 e. The van der Waals surface area contributed by atoms with Gasteiger partial charge in [0.2, 0.25) is 0 Å². The Balaban J connectivity index is 1.67. The van der Waals surface area contributed by atoms with Crippen molar-refractivity contribution < 1.29 is 9.53 Å². The molecule has 196 valence electrons. The van der Waals surface area contributed by atoms with Gasteiger partial charge in [0.15, 0.2) is 0 Å². The van der Waals surface area contributed by atoms with Crippen LogP contribution < -0.4 is 15.4 Å². The van der Waals surface area contributed by atoms with Gasteiger partial charge in [0, 0.05) is 66.5 Å². The Hall–Kier alpha value is -4.65. The molecule has 0 radical (unpaired) electrons. The summed E-state index contributed by atoms with van der Waals surface area (Å²) in [5, 5.41) is 6.20. The van der Waals surface area contributed by atoms with Crippen LogP contribution in [0.5, 0.6) is 11.5 Å². The van der Waals surface area contributed by atoms with Crippen molar-refractivity contribution >= 4 is 23.6 Å². The molecule has 0 fully saturated rings. The molecule has 0 saturated heterocycles. The van der Waals surface area contributed by atoms with E-state index >= 15 is 0 Å². The Morgan fingerprint density at radius 2 is 2.08 bits per heavy atom. The SMILES string of the molecule is C=C(NCC1=CC(=C)N(/C=C\C)C=C1)c1cccc(Oc2ccnc(NC(=O)/C(C=NCC)=C/C)c2)c1C. The summed E-state index contributed by atoms with van der Waals surface area (Å²) < 4.78 is 6.17. The van der Waals surface area contributed by atoms with Gasteiger partial charge in [0.05, 0.1) is 5.57 Å². The van der Waals surface area contributed by atoms with E-state index in [2.05, 4.69) is 39.8 Å². The average Bonchev–Trinajstić information content (AvgIpc) is 2.90. The first-order valence-corrected chi connectivity index (χ1v) is 12.5. The number of anilines is 1. The van der Waals surface area contributed by atoms with E-state index in [0.29, 0.717) is 36.0 Å². The number of allylic oxidation sites excluding steroid dienone is 3. The second kappa shape index (κ2) is 13.6. The van der Waals surface area contributed by atoms with Gasteiger partial charge in [-0.1, -0.05) is 37.4 Å². The maximum absolute atomic E-state index is 12.5. The number of pyridine rings is 1. The Morgan fingerprint density at radius 3 is 2.79 bits per heavy atom. The van der Waals surface area contributed by atoms with Gasteiger partial charge in [-0.3, -0.25) is 9.79 Å². The first-order valence-electron chi connectivity index (χ1n) is 12.5. The smallest absolute Gasteiger partial charge is 0.258 e. The number of hydrogen-bond donors (Lipinski definition) is 2. The number of aliphatic imine (C=N–C) groups is 1. The predicted molar refractivity (Wildman–Crippen MR) is 157 cm³/mol. The van der Waals surface area contributed by atoms with Crippen LogP contribution in [0.4, 0.5) is 5.82 Å². The van der Waals surface area contributed by atoms with Gasteiger partial charge >= 0.3 is 0 Å². The Labute approximate surface area is 225 Å². The third kappa shape index (κ3) is 7.43. The van der Waals surface area contributed by atoms with Crippen LogP contribution >= 0.6 is 0 Å². The predicted octanol–water partition coefficient (Wildman–Crippen LogP) is 6.52. The van der Waals surface area contributed by atoms with E-state index in [1.165, 1.54) is 0 Å². The summed E-state index contributed by atoms with van der Waals surface area (Å²) in [6, 6.07) is 9.26. The zero-order valence-corrected chi connectivity index (χ0v) is 22.5. The lowest BCUT2D eigenvalue weighted by atomic mass is 10.0. The van der Waals surface area contributed by atoms with Crippen molar-refractivity contribution in [2.75, 3.05) is 18.4 Å². The van der Waals surface area contributed by atoms with Crippen LogP contribution in [0.2, 0.25) is 0 Å². The van der Waals surface area contributed by atoms with E-state index in [4.69, 9.17) is 4.74 Å². The minimum atomic E-state index is -0.282. The maximum atomic E-state index is 12.5. The number of amides is 1. The zero-order valence-electron chi connectivity index (χ0n) is 22.5. The molecular weight excluding hydrogens is 474 g/mol. The van der Waals surface area contributed by atoms with Crippen molar-refractivity contribution in [3.8, 4) is 11.5 Å². The first-order chi connectivity index (χ1) is 18.4. The summed E-state index contributed by atoms with van der Waals surface area (Å²) in [6.07, 6.45) is 14.9. The number of ether oxygens (including phenoxy) is 1. The molecule has 7 nitrogen and oxygen atoms in total. The fourth-order valence-corrected chi connectivity index (χ4v) is 3.69. The van der Waals surface area contributed by atoms with Crippen LogP contribution in [0.15, 0.2) is 108 Å². The van der Waals surface area contributed by atoms with Gasteiger partial charge in [0.1, 0.15) is 17.3 Å². The second-order valence-corrected chi connectivity index (χ2v) is 8.48. The molecule has 0 spiro atoms. The molecule has 2 N–H and O–H groups in total. The van der Waals surface area contributed by atoms with E-state index in [9.17, 15) is 4.79 Å². The van der Waals surface area contributed by atoms with Gasteiger partial charge in [-0.15, -0.1) is 0 Å². The number of carbonyl (C=O) groups is 1. The lowest BCUT2D eigenvalue weighted by Gasteiger charge is -2.22. The summed E-state index contributed by atoms with van der Waals surface area (Å²) in [6.45, 7) is 17.2. The highest BCUT2D eigenvalue weighted by molar-refractivity contribution is 6.17. The average molecular weight is 510 g/mol. The number of aromatic nitrogens is 1. The molecule has 1 aromatic heterocycles. The highest BCUT2D eigenvalue weighted by Crippen LogP contribution is 2.30. The molecule has 38 heavy (non-hydrogen) atoms. The normalized spacial score (nSPS) is 13.7. The van der Waals surface area contributed by atoms with E-state index in [0.717, 1.165) is 28.1 Å². The van der Waals surface area contributed by atoms with Crippen molar-refractivity contribution in [2.24, 2.45) is 4.99 Å². The molecule has 0 atom stereocenters. The summed E-state index contributed by atoms with van der Waals surface area (Å²) in [5.74, 6) is 1.35. The van der Waals surface area contributed by atoms with Crippen LogP contribution in [0.3, 0.4) is 0 Å². The standard InChI is InChI=1S/C31H35N5O2/c1-7-16-36-17-14-25(18-22(36)4)20-34-24(6)28-11-10-12-29(23(28)5)38-27-13-15-33-30(19-27)35-31(37)26(8-2)21-32-9-3/h7-8,10-19,21,34H,4,6,9,20H2,1-3,5H3,(H,33,35,37)/b16-7-,26-8+,32-21?. The second-order valence-electron chi connectivity index (χ2n) is 8.48. The highest BCUT2D eigenvalue weighted by Gasteiger charge is 2.12. The van der Waals surface area contributed by atoms with Gasteiger partial charge in [0.25, 0.3) is 5.91 Å². The molecule has 0 unspecified atom stereocenters. The number of hydrogen-bond acceptors (Lipinski definition) is 6. The summed E-state index contributed by atoms with van der Waals surface area (Å²) in [7, 11) is 0. The molecular formula is C31H35N5O2. The van der Waals surface area contributed by atoms with Gasteiger partial charge in [-0.05, 0) is 57.6 Å². The van der Waals surface area contributed by atoms with Gasteiger partial charge in [-0.2, -0.15) is 0 Å². The van der Waals surface area contributed by atoms with Crippen molar-refractivity contribution in [3.63, 3.8) is 0 Å². The zero-order chi connectivity index (χ0) is 27.5. The van der Waals surface area contributed by atoms with Crippen molar-refractivity contribution in [1.82, 2.24) is 15.2 Å². The lowest BCUT2D eigenvalue weighted by Crippen LogP contribution is -2.18. The third-order valence-corrected chi connectivity index (χ3v) is 5.74. The molecule has 2 aromatic rings. The maximum Gasteiger partial charge on any atom is 0.258 e. The van der Waals surface area contributed by atoms with Gasteiger partial charge < -0.3 is 20.3 Å². The molecule has 1 aromatic carbocycles. The molecule has 0 bridgehead atoms. The van der Waals surface area contributed by atoms with Crippen LogP contribution in [0, 0.1) is 6.92 Å². The molecule has 0 saturated carbocycles. The quantitative estimate of drug-likeness (QED) is 0.266. The number of carbonyl (C=O) groups excluding carboxylic acids is 1. The Morgan fingerprint density at radius 1 is 1.26 bits per heavy atom. The molecule has 7 heteroatoms. The van der Waals surface area contributed by atoms with Gasteiger partial charge in [-0.25, -0.2) is 4.98 Å². The molecule has 1 amide bonds. The van der Waals surface area contributed by atoms with Crippen molar-refractivity contribution in [1.29, 1.82) is 0 Å². The van der Waals surface area contributed by atoms with E-state index in [1.807, 2.05) is 68.4 Å². The van der Waals surface area contributed by atoms with Crippen LogP contribution in [-0.2, 0) is 4.79 Å². The van der Waals surface area contributed by atoms with E-state index in [1.54, 1.807) is 37.5 Å². The highest BCUT2D eigenvalue weighted by atomic mass is 16.5.